The van der Waals surface area contributed by atoms with Gasteiger partial charge in [-0.05, 0) is 96.3 Å². The Hall–Kier alpha value is -2.70. The van der Waals surface area contributed by atoms with E-state index < -0.39 is 18.2 Å². The van der Waals surface area contributed by atoms with Crippen LogP contribution in [-0.4, -0.2) is 46.9 Å². The molecule has 6 nitrogen and oxygen atoms in total. The molecule has 3 atom stereocenters. The second kappa shape index (κ2) is 55.2. The van der Waals surface area contributed by atoms with Crippen molar-refractivity contribution in [3.63, 3.8) is 0 Å². The van der Waals surface area contributed by atoms with Crippen LogP contribution >= 0.6 is 0 Å². The smallest absolute Gasteiger partial charge is 0.306 e. The van der Waals surface area contributed by atoms with Crippen LogP contribution in [0, 0.1) is 0 Å². The summed E-state index contributed by atoms with van der Waals surface area (Å²) in [5.41, 5.74) is 0. The highest BCUT2D eigenvalue weighted by Crippen LogP contribution is 2.17. The van der Waals surface area contributed by atoms with Gasteiger partial charge in [0.25, 0.3) is 0 Å². The molecule has 6 heteroatoms. The Labute approximate surface area is 421 Å². The molecule has 0 heterocycles. The number of hydrogen-bond acceptors (Lipinski definition) is 5. The molecule has 0 aromatic heterocycles. The molecule has 0 aromatic carbocycles. The molecule has 394 valence electrons. The van der Waals surface area contributed by atoms with Gasteiger partial charge in [0.1, 0.15) is 6.10 Å². The summed E-state index contributed by atoms with van der Waals surface area (Å²) in [5.74, 6) is -0.528. The lowest BCUT2D eigenvalue weighted by Gasteiger charge is -2.24. The maximum atomic E-state index is 13.3. The number of hydrogen-bond donors (Lipinski definition) is 3. The number of carbonyl (C=O) groups excluding carboxylic acids is 2. The van der Waals surface area contributed by atoms with Crippen LogP contribution in [0.15, 0.2) is 72.9 Å². The molecule has 3 unspecified atom stereocenters. The number of nitrogens with one attached hydrogen (secondary N) is 1. The topological polar surface area (TPSA) is 95.9 Å². The second-order valence-electron chi connectivity index (χ2n) is 19.7. The third-order valence-electron chi connectivity index (χ3n) is 13.0. The molecule has 0 radical (unpaired) electrons. The van der Waals surface area contributed by atoms with Crippen molar-refractivity contribution >= 4 is 11.9 Å². The molecule has 0 bridgehead atoms. The van der Waals surface area contributed by atoms with Crippen LogP contribution in [0.5, 0.6) is 0 Å². The van der Waals surface area contributed by atoms with Crippen LogP contribution in [0.1, 0.15) is 284 Å². The molecule has 0 aliphatic rings. The van der Waals surface area contributed by atoms with Crippen LogP contribution in [0.25, 0.3) is 0 Å². The number of esters is 1. The number of unbranched alkanes of at least 4 members (excludes halogenated alkanes) is 28. The minimum Gasteiger partial charge on any atom is -0.462 e. The number of rotatable bonds is 52. The number of amides is 1. The molecule has 3 N–H and O–H groups in total. The van der Waals surface area contributed by atoms with Gasteiger partial charge in [-0.1, -0.05) is 248 Å². The average Bonchev–Trinajstić information content (AvgIpc) is 3.33. The maximum absolute atomic E-state index is 13.3. The van der Waals surface area contributed by atoms with Crippen molar-refractivity contribution in [2.75, 3.05) is 6.61 Å². The van der Waals surface area contributed by atoms with Gasteiger partial charge >= 0.3 is 5.97 Å². The fourth-order valence-corrected chi connectivity index (χ4v) is 8.57. The number of carbonyl (C=O) groups is 2. The van der Waals surface area contributed by atoms with E-state index in [1.165, 1.54) is 161 Å². The van der Waals surface area contributed by atoms with E-state index >= 15 is 0 Å². The lowest BCUT2D eigenvalue weighted by atomic mass is 10.0. The van der Waals surface area contributed by atoms with E-state index in [9.17, 15) is 19.8 Å². The van der Waals surface area contributed by atoms with E-state index in [0.29, 0.717) is 19.3 Å². The first-order valence-electron chi connectivity index (χ1n) is 29.2. The number of allylic oxidation sites excluding steroid dienone is 12. The van der Waals surface area contributed by atoms with Crippen molar-refractivity contribution in [1.82, 2.24) is 5.32 Å². The van der Waals surface area contributed by atoms with Crippen molar-refractivity contribution in [1.29, 1.82) is 0 Å². The summed E-state index contributed by atoms with van der Waals surface area (Å²) in [4.78, 5) is 26.3. The summed E-state index contributed by atoms with van der Waals surface area (Å²) in [5, 5.41) is 23.8. The van der Waals surface area contributed by atoms with Gasteiger partial charge in [-0.2, -0.15) is 0 Å². The van der Waals surface area contributed by atoms with Gasteiger partial charge in [-0.3, -0.25) is 9.59 Å². The summed E-state index contributed by atoms with van der Waals surface area (Å²) >= 11 is 0. The number of ether oxygens (including phenoxy) is 1. The normalized spacial score (nSPS) is 13.7. The van der Waals surface area contributed by atoms with Gasteiger partial charge in [0.05, 0.1) is 25.2 Å². The van der Waals surface area contributed by atoms with Gasteiger partial charge in [-0.25, -0.2) is 0 Å². The van der Waals surface area contributed by atoms with Crippen molar-refractivity contribution in [3.8, 4) is 0 Å². The average molecular weight is 951 g/mol. The van der Waals surface area contributed by atoms with Gasteiger partial charge < -0.3 is 20.3 Å². The van der Waals surface area contributed by atoms with Gasteiger partial charge in [0, 0.05) is 6.42 Å². The highest BCUT2D eigenvalue weighted by atomic mass is 16.5. The van der Waals surface area contributed by atoms with Gasteiger partial charge in [0.15, 0.2) is 0 Å². The Kier molecular flexibility index (Phi) is 53.0. The highest BCUT2D eigenvalue weighted by Gasteiger charge is 2.24. The van der Waals surface area contributed by atoms with Crippen molar-refractivity contribution in [2.24, 2.45) is 0 Å². The third kappa shape index (κ3) is 49.7. The van der Waals surface area contributed by atoms with Crippen LogP contribution in [0.3, 0.4) is 0 Å². The molecule has 0 aliphatic heterocycles. The first kappa shape index (κ1) is 65.3. The minimum atomic E-state index is -0.806. The van der Waals surface area contributed by atoms with E-state index in [1.807, 2.05) is 0 Å². The molecule has 0 aliphatic carbocycles. The zero-order valence-corrected chi connectivity index (χ0v) is 45.0. The van der Waals surface area contributed by atoms with E-state index in [4.69, 9.17) is 4.74 Å². The SMILES string of the molecule is CCCCC/C=C\C/C=C\C/C=C\C/C=C\CCCC(CC(=O)NC(CO)C(O)CCCCCCCCCCCCCCC)OC(=O)CCCCCCCCCCC/C=C\C/C=C\CCCCC. The molecular formula is C62H111NO5. The molecule has 0 saturated carbocycles. The number of aliphatic hydroxyl groups excluding tert-OH is 2. The van der Waals surface area contributed by atoms with Gasteiger partial charge in [0.2, 0.25) is 5.91 Å². The van der Waals surface area contributed by atoms with Crippen LogP contribution in [0.2, 0.25) is 0 Å². The molecule has 0 fully saturated rings. The first-order chi connectivity index (χ1) is 33.5. The van der Waals surface area contributed by atoms with Crippen molar-refractivity contribution < 1.29 is 24.5 Å². The lowest BCUT2D eigenvalue weighted by molar-refractivity contribution is -0.151. The Morgan fingerprint density at radius 1 is 0.426 bits per heavy atom. The standard InChI is InChI=1S/C62H111NO5/c1-4-7-10-13-16-19-22-25-27-29-30-32-34-37-40-43-46-49-52-55-62(67)68-58(53-50-47-44-41-38-36-33-31-28-26-23-20-17-14-11-8-5-2)56-61(66)63-59(57-64)60(65)54-51-48-45-42-39-35-24-21-18-15-12-9-6-3/h16-17,19-20,25-28,33,36,41,44,58-60,64-65H,4-15,18,21-24,29-32,34-35,37-40,42-43,45-57H2,1-3H3,(H,63,66)/b19-16-,20-17-,27-25-,28-26-,36-33-,44-41-. The molecule has 0 aromatic rings. The molecule has 68 heavy (non-hydrogen) atoms. The largest absolute Gasteiger partial charge is 0.462 e. The third-order valence-corrected chi connectivity index (χ3v) is 13.0. The summed E-state index contributed by atoms with van der Waals surface area (Å²) in [6.45, 7) is 6.43. The number of aliphatic hydroxyl groups is 2. The van der Waals surface area contributed by atoms with Crippen LogP contribution in [0.4, 0.5) is 0 Å². The molecular weight excluding hydrogens is 839 g/mol. The Morgan fingerprint density at radius 3 is 1.19 bits per heavy atom. The Balaban J connectivity index is 4.65. The van der Waals surface area contributed by atoms with Crippen molar-refractivity contribution in [3.05, 3.63) is 72.9 Å². The first-order valence-corrected chi connectivity index (χ1v) is 29.2. The van der Waals surface area contributed by atoms with E-state index in [-0.39, 0.29) is 24.9 Å². The maximum Gasteiger partial charge on any atom is 0.306 e. The van der Waals surface area contributed by atoms with Crippen molar-refractivity contribution in [2.45, 2.75) is 302 Å². The quantitative estimate of drug-likeness (QED) is 0.0321. The van der Waals surface area contributed by atoms with Crippen LogP contribution in [-0.2, 0) is 14.3 Å². The lowest BCUT2D eigenvalue weighted by Crippen LogP contribution is -2.46. The Bertz CT molecular complexity index is 1250. The van der Waals surface area contributed by atoms with E-state index in [2.05, 4.69) is 99.0 Å². The Morgan fingerprint density at radius 2 is 0.765 bits per heavy atom. The van der Waals surface area contributed by atoms with Crippen LogP contribution < -0.4 is 5.32 Å². The minimum absolute atomic E-state index is 0.0368. The second-order valence-corrected chi connectivity index (χ2v) is 19.7. The fourth-order valence-electron chi connectivity index (χ4n) is 8.57. The molecule has 1 amide bonds. The predicted octanol–water partition coefficient (Wildman–Crippen LogP) is 18.1. The zero-order chi connectivity index (χ0) is 49.5. The van der Waals surface area contributed by atoms with E-state index in [1.54, 1.807) is 0 Å². The van der Waals surface area contributed by atoms with E-state index in [0.717, 1.165) is 77.0 Å². The molecule has 0 rings (SSSR count). The predicted molar refractivity (Wildman–Crippen MR) is 296 cm³/mol. The molecule has 0 spiro atoms. The summed E-state index contributed by atoms with van der Waals surface area (Å²) in [6, 6.07) is -0.723. The monoisotopic (exact) mass is 950 g/mol. The summed E-state index contributed by atoms with van der Waals surface area (Å²) in [7, 11) is 0. The zero-order valence-electron chi connectivity index (χ0n) is 45.0. The van der Waals surface area contributed by atoms with Gasteiger partial charge in [-0.15, -0.1) is 0 Å². The summed E-state index contributed by atoms with van der Waals surface area (Å²) < 4.78 is 5.94. The molecule has 0 saturated heterocycles. The highest BCUT2D eigenvalue weighted by molar-refractivity contribution is 5.77. The summed E-state index contributed by atoms with van der Waals surface area (Å²) in [6.07, 6.45) is 71.1. The fraction of sp³-hybridized carbons (Fsp3) is 0.774.